The van der Waals surface area contributed by atoms with E-state index >= 15 is 0 Å². The van der Waals surface area contributed by atoms with Gasteiger partial charge in [0, 0.05) is 17.1 Å². The molecule has 0 atom stereocenters. The zero-order chi connectivity index (χ0) is 22.1. The second kappa shape index (κ2) is 8.08. The van der Waals surface area contributed by atoms with Crippen molar-refractivity contribution in [2.45, 2.75) is 25.8 Å². The molecule has 0 saturated carbocycles. The van der Waals surface area contributed by atoms with Gasteiger partial charge in [-0.2, -0.15) is 0 Å². The number of rotatable bonds is 6. The summed E-state index contributed by atoms with van der Waals surface area (Å²) in [6.07, 6.45) is 1.87. The second-order valence-corrected chi connectivity index (χ2v) is 7.66. The van der Waals surface area contributed by atoms with Crippen LogP contribution in [0.15, 0.2) is 42.6 Å². The Balaban J connectivity index is 2.13. The van der Waals surface area contributed by atoms with E-state index in [0.29, 0.717) is 12.0 Å². The van der Waals surface area contributed by atoms with Crippen LogP contribution in [0.25, 0.3) is 10.9 Å². The molecule has 156 valence electrons. The maximum atomic E-state index is 13.1. The van der Waals surface area contributed by atoms with Gasteiger partial charge in [-0.25, -0.2) is 9.18 Å². The second-order valence-electron chi connectivity index (χ2n) is 7.66. The molecule has 0 aliphatic heterocycles. The third-order valence-corrected chi connectivity index (χ3v) is 4.65. The number of halogens is 1. The lowest BCUT2D eigenvalue weighted by atomic mass is 9.98. The van der Waals surface area contributed by atoms with Crippen LogP contribution in [0.5, 0.6) is 5.75 Å². The van der Waals surface area contributed by atoms with Gasteiger partial charge in [0.25, 0.3) is 5.91 Å². The number of carboxylic acids is 1. The van der Waals surface area contributed by atoms with E-state index in [-0.39, 0.29) is 28.9 Å². The highest BCUT2D eigenvalue weighted by Gasteiger charge is 2.25. The first-order valence-electron chi connectivity index (χ1n) is 9.17. The summed E-state index contributed by atoms with van der Waals surface area (Å²) in [4.78, 5) is 28.6. The van der Waals surface area contributed by atoms with E-state index in [1.54, 1.807) is 32.0 Å². The van der Waals surface area contributed by atoms with Crippen molar-refractivity contribution in [3.05, 3.63) is 70.7 Å². The molecule has 0 aliphatic rings. The first-order chi connectivity index (χ1) is 14.1. The predicted octanol–water partition coefficient (Wildman–Crippen LogP) is 2.87. The van der Waals surface area contributed by atoms with Crippen LogP contribution in [0.1, 0.15) is 45.7 Å². The number of aliphatic hydroxyl groups excluding tert-OH is 1. The summed E-state index contributed by atoms with van der Waals surface area (Å²) in [5.41, 5.74) is 0.0978. The molecule has 0 saturated heterocycles. The Morgan fingerprint density at radius 3 is 2.37 bits per heavy atom. The smallest absolute Gasteiger partial charge is 0.339 e. The van der Waals surface area contributed by atoms with Crippen molar-refractivity contribution in [3.8, 4) is 5.75 Å². The van der Waals surface area contributed by atoms with Crippen molar-refractivity contribution in [1.82, 2.24) is 10.3 Å². The van der Waals surface area contributed by atoms with Crippen molar-refractivity contribution in [2.75, 3.05) is 6.61 Å². The highest BCUT2D eigenvalue weighted by Crippen LogP contribution is 2.31. The van der Waals surface area contributed by atoms with Gasteiger partial charge in [0.2, 0.25) is 0 Å². The number of aromatic carboxylic acids is 1. The number of aliphatic hydroxyl groups is 1. The molecular formula is C22H21FN2O5. The third kappa shape index (κ3) is 4.38. The van der Waals surface area contributed by atoms with Gasteiger partial charge in [-0.1, -0.05) is 12.1 Å². The van der Waals surface area contributed by atoms with Gasteiger partial charge in [0.15, 0.2) is 5.75 Å². The van der Waals surface area contributed by atoms with Crippen LogP contribution in [0.2, 0.25) is 0 Å². The Morgan fingerprint density at radius 2 is 1.77 bits per heavy atom. The van der Waals surface area contributed by atoms with E-state index in [1.807, 2.05) is 0 Å². The van der Waals surface area contributed by atoms with Crippen LogP contribution in [0, 0.1) is 5.82 Å². The first-order valence-corrected chi connectivity index (χ1v) is 9.17. The zero-order valence-electron chi connectivity index (χ0n) is 16.4. The number of phenols is 1. The third-order valence-electron chi connectivity index (χ3n) is 4.65. The Bertz CT molecular complexity index is 1130. The monoisotopic (exact) mass is 412 g/mol. The lowest BCUT2D eigenvalue weighted by molar-refractivity contribution is 0.0694. The van der Waals surface area contributed by atoms with Gasteiger partial charge in [-0.15, -0.1) is 0 Å². The molecule has 1 heterocycles. The fourth-order valence-corrected chi connectivity index (χ4v) is 3.02. The van der Waals surface area contributed by atoms with Gasteiger partial charge < -0.3 is 20.6 Å². The van der Waals surface area contributed by atoms with Crippen LogP contribution in [0.3, 0.4) is 0 Å². The highest BCUT2D eigenvalue weighted by molar-refractivity contribution is 6.11. The minimum atomic E-state index is -1.40. The van der Waals surface area contributed by atoms with Crippen LogP contribution in [-0.4, -0.2) is 44.3 Å². The minimum absolute atomic E-state index is 0.00943. The number of hydrogen-bond donors (Lipinski definition) is 4. The topological polar surface area (TPSA) is 120 Å². The van der Waals surface area contributed by atoms with Crippen LogP contribution < -0.4 is 5.32 Å². The average Bonchev–Trinajstić information content (AvgIpc) is 2.69. The van der Waals surface area contributed by atoms with Crippen LogP contribution in [-0.2, 0) is 6.42 Å². The summed E-state index contributed by atoms with van der Waals surface area (Å²) >= 11 is 0. The lowest BCUT2D eigenvalue weighted by Crippen LogP contribution is -2.46. The van der Waals surface area contributed by atoms with Gasteiger partial charge in [-0.05, 0) is 55.7 Å². The van der Waals surface area contributed by atoms with Gasteiger partial charge >= 0.3 is 5.97 Å². The summed E-state index contributed by atoms with van der Waals surface area (Å²) in [6, 6.07) is 8.66. The largest absolute Gasteiger partial charge is 0.505 e. The van der Waals surface area contributed by atoms with E-state index in [0.717, 1.165) is 11.6 Å². The van der Waals surface area contributed by atoms with Gasteiger partial charge in [0.05, 0.1) is 12.1 Å². The average molecular weight is 412 g/mol. The van der Waals surface area contributed by atoms with Crippen molar-refractivity contribution in [2.24, 2.45) is 0 Å². The fraction of sp³-hybridized carbons (Fsp3) is 0.227. The molecule has 0 bridgehead atoms. The summed E-state index contributed by atoms with van der Waals surface area (Å²) in [6.45, 7) is 2.91. The number of hydrogen-bond acceptors (Lipinski definition) is 5. The van der Waals surface area contributed by atoms with Crippen molar-refractivity contribution in [1.29, 1.82) is 0 Å². The Kier molecular flexibility index (Phi) is 5.71. The molecule has 0 aliphatic carbocycles. The number of nitrogens with zero attached hydrogens (tertiary/aromatic N) is 1. The van der Waals surface area contributed by atoms with E-state index in [4.69, 9.17) is 0 Å². The first kappa shape index (κ1) is 21.2. The number of aromatic hydroxyl groups is 1. The molecular weight excluding hydrogens is 391 g/mol. The minimum Gasteiger partial charge on any atom is -0.505 e. The number of fused-ring (bicyclic) bond motifs is 1. The number of carbonyl (C=O) groups is 2. The van der Waals surface area contributed by atoms with Crippen molar-refractivity contribution < 1.29 is 29.3 Å². The highest BCUT2D eigenvalue weighted by atomic mass is 19.1. The predicted molar refractivity (Wildman–Crippen MR) is 108 cm³/mol. The molecule has 4 N–H and O–H groups in total. The van der Waals surface area contributed by atoms with Gasteiger partial charge in [-0.3, -0.25) is 9.78 Å². The quantitative estimate of drug-likeness (QED) is 0.494. The normalized spacial score (nSPS) is 11.5. The molecule has 8 heteroatoms. The van der Waals surface area contributed by atoms with E-state index < -0.39 is 28.7 Å². The summed E-state index contributed by atoms with van der Waals surface area (Å²) in [5, 5.41) is 32.1. The van der Waals surface area contributed by atoms with Crippen LogP contribution >= 0.6 is 0 Å². The lowest BCUT2D eigenvalue weighted by Gasteiger charge is -2.24. The van der Waals surface area contributed by atoms with E-state index in [9.17, 15) is 29.3 Å². The molecule has 7 nitrogen and oxygen atoms in total. The molecule has 3 rings (SSSR count). The Hall–Kier alpha value is -3.52. The molecule has 0 spiro atoms. The number of amides is 1. The summed E-state index contributed by atoms with van der Waals surface area (Å²) in [7, 11) is 0. The van der Waals surface area contributed by atoms with E-state index in [2.05, 4.69) is 10.3 Å². The molecule has 0 radical (unpaired) electrons. The van der Waals surface area contributed by atoms with Crippen molar-refractivity contribution >= 4 is 22.8 Å². The number of pyridine rings is 1. The number of nitrogens with one attached hydrogen (secondary N) is 1. The number of carboxylic acid groups (broad SMARTS) is 1. The molecule has 2 aromatic carbocycles. The van der Waals surface area contributed by atoms with Crippen molar-refractivity contribution in [3.63, 3.8) is 0 Å². The Labute approximate surface area is 171 Å². The molecule has 0 fully saturated rings. The maximum absolute atomic E-state index is 13.1. The zero-order valence-corrected chi connectivity index (χ0v) is 16.4. The maximum Gasteiger partial charge on any atom is 0.339 e. The number of aromatic nitrogens is 1. The molecule has 30 heavy (non-hydrogen) atoms. The fourth-order valence-electron chi connectivity index (χ4n) is 3.02. The standard InChI is InChI=1S/C22H21FN2O5/c1-22(2,11-26)25-20(28)16-9-17(21(29)30)19(27)18-15(16)8-13(10-24-18)7-12-3-5-14(23)6-4-12/h3-6,8-10,26-27H,7,11H2,1-2H3,(H,25,28)(H,29,30). The molecule has 1 aromatic heterocycles. The number of benzene rings is 2. The number of carbonyl (C=O) groups excluding carboxylic acids is 1. The SMILES string of the molecule is CC(C)(CO)NC(=O)c1cc(C(=O)O)c(O)c2ncc(Cc3ccc(F)cc3)cc12. The summed E-state index contributed by atoms with van der Waals surface area (Å²) in [5.74, 6) is -2.90. The van der Waals surface area contributed by atoms with Crippen LogP contribution in [0.4, 0.5) is 4.39 Å². The Morgan fingerprint density at radius 1 is 1.10 bits per heavy atom. The summed E-state index contributed by atoms with van der Waals surface area (Å²) < 4.78 is 13.1. The van der Waals surface area contributed by atoms with Gasteiger partial charge in [0.1, 0.15) is 16.9 Å². The van der Waals surface area contributed by atoms with E-state index in [1.165, 1.54) is 18.3 Å². The molecule has 3 aromatic rings. The molecule has 0 unspecified atom stereocenters. The molecule has 1 amide bonds.